The molecule has 2 heterocycles. The summed E-state index contributed by atoms with van der Waals surface area (Å²) in [6.45, 7) is 11.1. The first-order chi connectivity index (χ1) is 10.2. The van der Waals surface area contributed by atoms with Crippen LogP contribution in [0.1, 0.15) is 6.42 Å². The van der Waals surface area contributed by atoms with Crippen molar-refractivity contribution >= 4 is 31.3 Å². The van der Waals surface area contributed by atoms with E-state index in [1.807, 2.05) is 0 Å². The van der Waals surface area contributed by atoms with Crippen molar-refractivity contribution in [3.8, 4) is 0 Å². The first-order valence-corrected chi connectivity index (χ1v) is 19.3. The standard InChI is InChI=1S/C17H34GeN2OSi/c1-18(2,3)16-8-9-17(21-16)22(5,6)15-7-10-20-13-11-19(4)12-14-20/h8-9H,7,10-15H2,1-6H3. The third-order valence-electron chi connectivity index (χ3n) is 4.88. The molecule has 0 aliphatic carbocycles. The van der Waals surface area contributed by atoms with Crippen molar-refractivity contribution in [2.75, 3.05) is 39.8 Å². The summed E-state index contributed by atoms with van der Waals surface area (Å²) in [5.41, 5.74) is 0. The molecule has 0 N–H and O–H groups in total. The number of nitrogens with zero attached hydrogens (tertiary/aromatic N) is 2. The zero-order chi connectivity index (χ0) is 16.4. The molecule has 1 aromatic heterocycles. The molecular weight excluding hydrogens is 349 g/mol. The first kappa shape index (κ1) is 18.3. The molecule has 2 rings (SSSR count). The maximum atomic E-state index is 6.29. The summed E-state index contributed by atoms with van der Waals surface area (Å²) in [4.78, 5) is 5.06. The van der Waals surface area contributed by atoms with Gasteiger partial charge in [0.25, 0.3) is 0 Å². The van der Waals surface area contributed by atoms with Crippen LogP contribution in [0.3, 0.4) is 0 Å². The second-order valence-corrected chi connectivity index (χ2v) is 23.8. The molecule has 0 atom stereocenters. The summed E-state index contributed by atoms with van der Waals surface area (Å²) in [6.07, 6.45) is 1.32. The normalized spacial score (nSPS) is 18.8. The molecule has 22 heavy (non-hydrogen) atoms. The average Bonchev–Trinajstić information content (AvgIpc) is 2.91. The molecule has 3 nitrogen and oxygen atoms in total. The molecule has 1 aliphatic heterocycles. The fourth-order valence-electron chi connectivity index (χ4n) is 3.04. The maximum absolute atomic E-state index is 6.29. The van der Waals surface area contributed by atoms with E-state index in [4.69, 9.17) is 4.42 Å². The fourth-order valence-corrected chi connectivity index (χ4v) is 7.56. The Bertz CT molecular complexity index is 473. The van der Waals surface area contributed by atoms with E-state index < -0.39 is 21.3 Å². The number of hydrogen-bond acceptors (Lipinski definition) is 3. The van der Waals surface area contributed by atoms with Gasteiger partial charge in [0, 0.05) is 0 Å². The Morgan fingerprint density at radius 2 is 1.73 bits per heavy atom. The van der Waals surface area contributed by atoms with Gasteiger partial charge in [0.1, 0.15) is 0 Å². The van der Waals surface area contributed by atoms with Crippen LogP contribution in [0.5, 0.6) is 0 Å². The summed E-state index contributed by atoms with van der Waals surface area (Å²) in [5, 5.41) is 1.32. The molecule has 0 bridgehead atoms. The van der Waals surface area contributed by atoms with Crippen LogP contribution < -0.4 is 9.98 Å². The first-order valence-electron chi connectivity index (χ1n) is 8.70. The predicted octanol–water partition coefficient (Wildman–Crippen LogP) is 2.38. The van der Waals surface area contributed by atoms with E-state index in [9.17, 15) is 0 Å². The molecule has 0 aromatic carbocycles. The van der Waals surface area contributed by atoms with Crippen molar-refractivity contribution in [2.45, 2.75) is 42.8 Å². The minimum absolute atomic E-state index is 1.22. The topological polar surface area (TPSA) is 19.6 Å². The zero-order valence-electron chi connectivity index (χ0n) is 15.4. The number of piperazine rings is 1. The van der Waals surface area contributed by atoms with Gasteiger partial charge in [-0.25, -0.2) is 0 Å². The van der Waals surface area contributed by atoms with Gasteiger partial charge in [-0.1, -0.05) is 0 Å². The summed E-state index contributed by atoms with van der Waals surface area (Å²) < 4.78 is 7.61. The van der Waals surface area contributed by atoms with Crippen LogP contribution in [0.15, 0.2) is 16.5 Å². The Balaban J connectivity index is 1.84. The molecule has 1 aromatic rings. The van der Waals surface area contributed by atoms with Crippen LogP contribution in [0.25, 0.3) is 0 Å². The SMILES string of the molecule is CN1CCN(CCC[Si](C)(C)c2cc[c]([Ge]([CH3])([CH3])[CH3])o2)CC1. The van der Waals surface area contributed by atoms with Gasteiger partial charge in [-0.05, 0) is 0 Å². The van der Waals surface area contributed by atoms with Gasteiger partial charge in [-0.3, -0.25) is 0 Å². The molecule has 0 radical (unpaired) electrons. The van der Waals surface area contributed by atoms with Crippen molar-refractivity contribution in [1.82, 2.24) is 9.80 Å². The van der Waals surface area contributed by atoms with E-state index >= 15 is 0 Å². The van der Waals surface area contributed by atoms with Crippen LogP contribution >= 0.6 is 0 Å². The van der Waals surface area contributed by atoms with Crippen molar-refractivity contribution in [3.63, 3.8) is 0 Å². The summed E-state index contributed by atoms with van der Waals surface area (Å²) in [6, 6.07) is 5.89. The van der Waals surface area contributed by atoms with E-state index in [-0.39, 0.29) is 0 Å². The second-order valence-electron chi connectivity index (χ2n) is 8.55. The molecule has 126 valence electrons. The van der Waals surface area contributed by atoms with Crippen LogP contribution in [-0.2, 0) is 0 Å². The number of hydrogen-bond donors (Lipinski definition) is 0. The average molecular weight is 383 g/mol. The molecule has 0 amide bonds. The van der Waals surface area contributed by atoms with Crippen LogP contribution in [0.4, 0.5) is 0 Å². The second kappa shape index (κ2) is 7.24. The summed E-state index contributed by atoms with van der Waals surface area (Å²) in [5.74, 6) is 7.22. The third-order valence-corrected chi connectivity index (χ3v) is 11.8. The van der Waals surface area contributed by atoms with Gasteiger partial charge in [0.05, 0.1) is 0 Å². The van der Waals surface area contributed by atoms with Crippen LogP contribution in [0.2, 0.25) is 36.4 Å². The predicted molar refractivity (Wildman–Crippen MR) is 102 cm³/mol. The van der Waals surface area contributed by atoms with E-state index in [1.165, 1.54) is 55.2 Å². The summed E-state index contributed by atoms with van der Waals surface area (Å²) in [7, 11) is 0.815. The Labute approximate surface area is 140 Å². The van der Waals surface area contributed by atoms with Crippen molar-refractivity contribution in [2.24, 2.45) is 0 Å². The monoisotopic (exact) mass is 384 g/mol. The van der Waals surface area contributed by atoms with Gasteiger partial charge in [-0.2, -0.15) is 0 Å². The molecule has 0 saturated carbocycles. The molecule has 1 fully saturated rings. The Morgan fingerprint density at radius 1 is 1.09 bits per heavy atom. The molecule has 5 heteroatoms. The minimum atomic E-state index is -1.81. The Kier molecular flexibility index (Phi) is 6.02. The fraction of sp³-hybridized carbons (Fsp3) is 0.765. The van der Waals surface area contributed by atoms with Gasteiger partial charge in [-0.15, -0.1) is 0 Å². The van der Waals surface area contributed by atoms with Gasteiger partial charge < -0.3 is 0 Å². The van der Waals surface area contributed by atoms with E-state index in [0.29, 0.717) is 0 Å². The molecule has 0 spiro atoms. The number of rotatable bonds is 6. The van der Waals surface area contributed by atoms with E-state index in [2.05, 4.69) is 59.3 Å². The van der Waals surface area contributed by atoms with Gasteiger partial charge >= 0.3 is 140 Å². The van der Waals surface area contributed by atoms with Crippen molar-refractivity contribution in [3.05, 3.63) is 12.1 Å². The van der Waals surface area contributed by atoms with Crippen molar-refractivity contribution in [1.29, 1.82) is 0 Å². The van der Waals surface area contributed by atoms with Gasteiger partial charge in [0.2, 0.25) is 0 Å². The van der Waals surface area contributed by atoms with E-state index in [0.717, 1.165) is 0 Å². The van der Waals surface area contributed by atoms with Crippen molar-refractivity contribution < 1.29 is 4.42 Å². The van der Waals surface area contributed by atoms with Crippen LogP contribution in [-0.4, -0.2) is 70.9 Å². The molecule has 1 saturated heterocycles. The Hall–Kier alpha value is -0.0403. The zero-order valence-corrected chi connectivity index (χ0v) is 18.5. The Morgan fingerprint density at radius 3 is 2.27 bits per heavy atom. The third kappa shape index (κ3) is 4.98. The number of likely N-dealkylation sites (N-methyl/N-ethyl adjacent to an activating group) is 1. The molecule has 1 aliphatic rings. The number of furan rings is 1. The summed E-state index contributed by atoms with van der Waals surface area (Å²) >= 11 is -1.81. The van der Waals surface area contributed by atoms with E-state index in [1.54, 1.807) is 0 Å². The van der Waals surface area contributed by atoms with Gasteiger partial charge in [0.15, 0.2) is 0 Å². The van der Waals surface area contributed by atoms with Crippen LogP contribution in [0, 0.1) is 0 Å². The molecular formula is C17H34GeN2OSi. The molecule has 0 unspecified atom stereocenters. The quantitative estimate of drug-likeness (QED) is 0.704.